The van der Waals surface area contributed by atoms with Gasteiger partial charge in [-0.05, 0) is 137 Å². The number of unbranched alkanes of at least 4 members (excludes halogenated alkanes) is 20. The van der Waals surface area contributed by atoms with Crippen molar-refractivity contribution in [3.8, 4) is 0 Å². The van der Waals surface area contributed by atoms with Crippen LogP contribution in [0.2, 0.25) is 0 Å². The zero-order valence-corrected chi connectivity index (χ0v) is 48.0. The molecule has 4 unspecified atom stereocenters. The molecule has 0 aromatic rings. The van der Waals surface area contributed by atoms with E-state index in [-0.39, 0.29) is 0 Å². The van der Waals surface area contributed by atoms with E-state index in [0.717, 1.165) is 155 Å². The van der Waals surface area contributed by atoms with Crippen LogP contribution in [0, 0.1) is 0 Å². The summed E-state index contributed by atoms with van der Waals surface area (Å²) in [5.41, 5.74) is 0. The third kappa shape index (κ3) is 52.5. The Balaban J connectivity index is 5.28. The molecule has 72 heavy (non-hydrogen) atoms. The molecule has 0 aromatic heterocycles. The van der Waals surface area contributed by atoms with E-state index in [1.54, 1.807) is 0 Å². The van der Waals surface area contributed by atoms with Crippen LogP contribution in [0.5, 0.6) is 0 Å². The summed E-state index contributed by atoms with van der Waals surface area (Å²) in [4.78, 5) is 6.97. The van der Waals surface area contributed by atoms with Gasteiger partial charge < -0.3 is 25.3 Å². The van der Waals surface area contributed by atoms with Gasteiger partial charge in [-0.3, -0.25) is 9.80 Å². The molecule has 0 bridgehead atoms. The van der Waals surface area contributed by atoms with Crippen LogP contribution >= 0.6 is 0 Å². The van der Waals surface area contributed by atoms with E-state index >= 15 is 0 Å². The fourth-order valence-corrected chi connectivity index (χ4v) is 9.21. The molecule has 4 N–H and O–H groups in total. The maximum atomic E-state index is 11.3. The first-order chi connectivity index (χ1) is 35.2. The Morgan fingerprint density at radius 2 is 0.500 bits per heavy atom. The first-order valence-corrected chi connectivity index (χ1v) is 30.2. The van der Waals surface area contributed by atoms with Gasteiger partial charge in [0, 0.05) is 52.4 Å². The lowest BCUT2D eigenvalue weighted by Gasteiger charge is -2.31. The summed E-state index contributed by atoms with van der Waals surface area (Å²) in [6.07, 6.45) is 69.3. The van der Waals surface area contributed by atoms with Gasteiger partial charge in [0.25, 0.3) is 0 Å². The van der Waals surface area contributed by atoms with E-state index < -0.39 is 24.4 Å². The Bertz CT molecular complexity index is 1160. The second-order valence-corrected chi connectivity index (χ2v) is 20.9. The van der Waals surface area contributed by atoms with Crippen molar-refractivity contribution in [3.05, 3.63) is 97.2 Å². The Morgan fingerprint density at radius 3 is 0.736 bits per heavy atom. The third-order valence-electron chi connectivity index (χ3n) is 13.8. The topological polar surface area (TPSA) is 90.6 Å². The molecule has 0 aromatic carbocycles. The molecule has 7 heteroatoms. The maximum Gasteiger partial charge on any atom is 0.0667 e. The van der Waals surface area contributed by atoms with E-state index in [4.69, 9.17) is 0 Å². The van der Waals surface area contributed by atoms with Gasteiger partial charge in [0.15, 0.2) is 0 Å². The molecule has 0 amide bonds. The smallest absolute Gasteiger partial charge is 0.0667 e. The van der Waals surface area contributed by atoms with Gasteiger partial charge >= 0.3 is 0 Å². The average molecular weight is 1010 g/mol. The number of nitrogens with zero attached hydrogens (tertiary/aromatic N) is 3. The van der Waals surface area contributed by atoms with Crippen LogP contribution in [0.3, 0.4) is 0 Å². The summed E-state index contributed by atoms with van der Waals surface area (Å²) >= 11 is 0. The van der Waals surface area contributed by atoms with Crippen LogP contribution in [0.1, 0.15) is 233 Å². The first-order valence-electron chi connectivity index (χ1n) is 30.2. The molecule has 0 spiro atoms. The zero-order chi connectivity index (χ0) is 52.6. The lowest BCUT2D eigenvalue weighted by molar-refractivity contribution is 0.0492. The lowest BCUT2D eigenvalue weighted by atomic mass is 10.0. The minimum absolute atomic E-state index is 0.395. The quantitative estimate of drug-likeness (QED) is 0.0356. The number of aliphatic hydroxyl groups is 4. The van der Waals surface area contributed by atoms with Crippen molar-refractivity contribution in [2.45, 2.75) is 258 Å². The molecule has 0 aliphatic carbocycles. The SMILES string of the molecule is C/C=C\C/C=C\CCCCCCCC(O)CN(CCN(C)CCN(CC(O)CCCCCCC/C=C\C/C=C\C)CC(O)CCCCCCC/C=C\C/C=C\C)CC(O)CCCCCCC/C=C\C/C=C\C. The number of aliphatic hydroxyl groups excluding tert-OH is 4. The predicted molar refractivity (Wildman–Crippen MR) is 318 cm³/mol. The summed E-state index contributed by atoms with van der Waals surface area (Å²) in [6.45, 7) is 13.9. The van der Waals surface area contributed by atoms with Crippen LogP contribution in [0.25, 0.3) is 0 Å². The standard InChI is InChI=1S/C65H119N3O4/c1-6-10-14-18-22-26-30-34-38-42-46-50-62(69)58-67(59-63(70)51-47-43-39-35-31-27-23-19-15-11-7-2)56-54-66(5)55-57-68(60-64(71)52-48-44-40-36-32-28-24-20-16-12-8-3)61-65(72)53-49-45-41-37-33-29-25-21-17-13-9-4/h6-13,18-25,62-65,69-72H,14-17,26-61H2,1-5H3/b10-6-,11-7-,12-8-,13-9-,22-18-,23-19-,24-20-,25-21-. The normalized spacial score (nSPS) is 14.7. The van der Waals surface area contributed by atoms with E-state index in [0.29, 0.717) is 26.2 Å². The number of hydrogen-bond donors (Lipinski definition) is 4. The molecule has 0 heterocycles. The Labute approximate surface area is 447 Å². The molecular weight excluding hydrogens is 887 g/mol. The molecular formula is C65H119N3O4. The van der Waals surface area contributed by atoms with Crippen LogP contribution in [-0.2, 0) is 0 Å². The van der Waals surface area contributed by atoms with Gasteiger partial charge in [-0.15, -0.1) is 0 Å². The van der Waals surface area contributed by atoms with Gasteiger partial charge in [0.05, 0.1) is 24.4 Å². The predicted octanol–water partition coefficient (Wildman–Crippen LogP) is 16.0. The van der Waals surface area contributed by atoms with Crippen LogP contribution in [0.15, 0.2) is 97.2 Å². The molecule has 0 aliphatic heterocycles. The zero-order valence-electron chi connectivity index (χ0n) is 48.0. The van der Waals surface area contributed by atoms with Crippen molar-refractivity contribution in [2.75, 3.05) is 59.4 Å². The van der Waals surface area contributed by atoms with Gasteiger partial charge in [-0.2, -0.15) is 0 Å². The van der Waals surface area contributed by atoms with E-state index in [1.165, 1.54) is 77.0 Å². The molecule has 0 radical (unpaired) electrons. The molecule has 7 nitrogen and oxygen atoms in total. The Hall–Kier alpha value is -2.36. The fourth-order valence-electron chi connectivity index (χ4n) is 9.21. The molecule has 0 rings (SSSR count). The van der Waals surface area contributed by atoms with Crippen molar-refractivity contribution in [1.29, 1.82) is 0 Å². The van der Waals surface area contributed by atoms with Crippen molar-refractivity contribution < 1.29 is 20.4 Å². The fraction of sp³-hybridized carbons (Fsp3) is 0.754. The van der Waals surface area contributed by atoms with E-state index in [9.17, 15) is 20.4 Å². The van der Waals surface area contributed by atoms with Crippen LogP contribution in [-0.4, -0.2) is 119 Å². The van der Waals surface area contributed by atoms with Gasteiger partial charge in [-0.25, -0.2) is 0 Å². The van der Waals surface area contributed by atoms with Crippen LogP contribution < -0.4 is 0 Å². The highest BCUT2D eigenvalue weighted by molar-refractivity contribution is 4.93. The highest BCUT2D eigenvalue weighted by Crippen LogP contribution is 2.16. The highest BCUT2D eigenvalue weighted by Gasteiger charge is 2.19. The largest absolute Gasteiger partial charge is 0.392 e. The van der Waals surface area contributed by atoms with Crippen molar-refractivity contribution in [3.63, 3.8) is 0 Å². The Kier molecular flexibility index (Phi) is 54.5. The third-order valence-corrected chi connectivity index (χ3v) is 13.8. The Morgan fingerprint density at radius 1 is 0.278 bits per heavy atom. The highest BCUT2D eigenvalue weighted by atomic mass is 16.3. The first kappa shape index (κ1) is 69.6. The van der Waals surface area contributed by atoms with E-state index in [1.807, 2.05) is 0 Å². The lowest BCUT2D eigenvalue weighted by Crippen LogP contribution is -2.44. The van der Waals surface area contributed by atoms with Crippen molar-refractivity contribution >= 4 is 0 Å². The minimum Gasteiger partial charge on any atom is -0.392 e. The van der Waals surface area contributed by atoms with Gasteiger partial charge in [0.2, 0.25) is 0 Å². The number of rotatable bonds is 54. The molecule has 418 valence electrons. The maximum absolute atomic E-state index is 11.3. The molecule has 0 saturated carbocycles. The summed E-state index contributed by atoms with van der Waals surface area (Å²) in [5, 5.41) is 45.0. The second kappa shape index (κ2) is 56.4. The molecule has 4 atom stereocenters. The summed E-state index contributed by atoms with van der Waals surface area (Å²) in [5.74, 6) is 0. The number of hydrogen-bond acceptors (Lipinski definition) is 7. The summed E-state index contributed by atoms with van der Waals surface area (Å²) in [7, 11) is 2.17. The average Bonchev–Trinajstić information content (AvgIpc) is 3.36. The van der Waals surface area contributed by atoms with Crippen LogP contribution in [0.4, 0.5) is 0 Å². The summed E-state index contributed by atoms with van der Waals surface area (Å²) in [6, 6.07) is 0. The van der Waals surface area contributed by atoms with Gasteiger partial charge in [0.1, 0.15) is 0 Å². The number of likely N-dealkylation sites (N-methyl/N-ethyl adjacent to an activating group) is 1. The summed E-state index contributed by atoms with van der Waals surface area (Å²) < 4.78 is 0. The monoisotopic (exact) mass is 1010 g/mol. The molecule has 0 saturated heterocycles. The molecule has 0 fully saturated rings. The van der Waals surface area contributed by atoms with Crippen molar-refractivity contribution in [2.24, 2.45) is 0 Å². The van der Waals surface area contributed by atoms with E-state index in [2.05, 4.69) is 147 Å². The second-order valence-electron chi connectivity index (χ2n) is 20.9. The van der Waals surface area contributed by atoms with Gasteiger partial charge in [-0.1, -0.05) is 200 Å². The number of allylic oxidation sites excluding steroid dienone is 16. The van der Waals surface area contributed by atoms with Crippen molar-refractivity contribution in [1.82, 2.24) is 14.7 Å². The minimum atomic E-state index is -0.395. The molecule has 0 aliphatic rings.